The Kier molecular flexibility index (Phi) is 3.36. The fraction of sp³-hybridized carbons (Fsp3) is 0.583. The van der Waals surface area contributed by atoms with E-state index in [1.165, 1.54) is 17.9 Å². The molecule has 1 atom stereocenters. The Morgan fingerprint density at radius 3 is 2.83 bits per heavy atom. The summed E-state index contributed by atoms with van der Waals surface area (Å²) in [5, 5.41) is 13.0. The van der Waals surface area contributed by atoms with Crippen LogP contribution in [0.3, 0.4) is 0 Å². The van der Waals surface area contributed by atoms with E-state index in [9.17, 15) is 9.59 Å². The van der Waals surface area contributed by atoms with Gasteiger partial charge in [0.25, 0.3) is 5.91 Å². The fourth-order valence-corrected chi connectivity index (χ4v) is 2.39. The number of carbonyl (C=O) groups excluding carboxylic acids is 1. The van der Waals surface area contributed by atoms with Crippen LogP contribution in [0.25, 0.3) is 0 Å². The summed E-state index contributed by atoms with van der Waals surface area (Å²) in [6, 6.07) is 0. The number of rotatable bonds is 2. The van der Waals surface area contributed by atoms with E-state index in [-0.39, 0.29) is 17.2 Å². The quantitative estimate of drug-likeness (QED) is 0.850. The van der Waals surface area contributed by atoms with Gasteiger partial charge in [-0.1, -0.05) is 6.92 Å². The molecule has 1 aromatic rings. The van der Waals surface area contributed by atoms with Crippen LogP contribution in [0.4, 0.5) is 0 Å². The second kappa shape index (κ2) is 4.80. The molecule has 6 nitrogen and oxygen atoms in total. The van der Waals surface area contributed by atoms with E-state index in [2.05, 4.69) is 12.0 Å². The van der Waals surface area contributed by atoms with E-state index in [1.54, 1.807) is 4.90 Å². The maximum Gasteiger partial charge on any atom is 0.354 e. The maximum atomic E-state index is 12.3. The molecule has 98 valence electrons. The Hall–Kier alpha value is -1.85. The molecule has 1 N–H and O–H groups in total. The lowest BCUT2D eigenvalue weighted by molar-refractivity contribution is 0.0641. The van der Waals surface area contributed by atoms with Crippen LogP contribution in [0, 0.1) is 5.92 Å². The smallest absolute Gasteiger partial charge is 0.354 e. The van der Waals surface area contributed by atoms with E-state index >= 15 is 0 Å². The van der Waals surface area contributed by atoms with Crippen LogP contribution in [0.5, 0.6) is 0 Å². The van der Waals surface area contributed by atoms with Crippen LogP contribution in [-0.2, 0) is 7.05 Å². The van der Waals surface area contributed by atoms with Crippen molar-refractivity contribution in [2.45, 2.75) is 19.8 Å². The van der Waals surface area contributed by atoms with E-state index < -0.39 is 5.97 Å². The molecule has 1 amide bonds. The molecule has 0 aromatic carbocycles. The van der Waals surface area contributed by atoms with Gasteiger partial charge in [0.15, 0.2) is 5.69 Å². The van der Waals surface area contributed by atoms with E-state index in [4.69, 9.17) is 5.11 Å². The zero-order chi connectivity index (χ0) is 13.3. The topological polar surface area (TPSA) is 75.4 Å². The van der Waals surface area contributed by atoms with Crippen LogP contribution in [0.1, 0.15) is 40.6 Å². The number of carboxylic acid groups (broad SMARTS) is 1. The van der Waals surface area contributed by atoms with Crippen LogP contribution < -0.4 is 0 Å². The number of hydrogen-bond donors (Lipinski definition) is 1. The molecule has 1 aliphatic heterocycles. The van der Waals surface area contributed by atoms with Crippen molar-refractivity contribution in [3.63, 3.8) is 0 Å². The molecule has 2 rings (SSSR count). The van der Waals surface area contributed by atoms with Gasteiger partial charge < -0.3 is 10.0 Å². The molecule has 1 saturated heterocycles. The molecule has 1 fully saturated rings. The average Bonchev–Trinajstić information content (AvgIpc) is 2.70. The highest BCUT2D eigenvalue weighted by Crippen LogP contribution is 2.19. The predicted octanol–water partition coefficient (Wildman–Crippen LogP) is 0.990. The van der Waals surface area contributed by atoms with Crippen LogP contribution in [0.2, 0.25) is 0 Å². The molecule has 0 radical (unpaired) electrons. The molecule has 0 saturated carbocycles. The molecular formula is C12H17N3O3. The van der Waals surface area contributed by atoms with Crippen molar-refractivity contribution < 1.29 is 14.7 Å². The Balaban J connectivity index is 2.26. The zero-order valence-corrected chi connectivity index (χ0v) is 10.6. The lowest BCUT2D eigenvalue weighted by Crippen LogP contribution is -2.39. The Bertz CT molecular complexity index is 481. The van der Waals surface area contributed by atoms with Crippen molar-refractivity contribution >= 4 is 11.9 Å². The molecule has 0 bridgehead atoms. The minimum absolute atomic E-state index is 0.0433. The van der Waals surface area contributed by atoms with Gasteiger partial charge in [-0.25, -0.2) is 4.79 Å². The maximum absolute atomic E-state index is 12.3. The minimum atomic E-state index is -1.12. The zero-order valence-electron chi connectivity index (χ0n) is 10.6. The Morgan fingerprint density at radius 2 is 2.22 bits per heavy atom. The van der Waals surface area contributed by atoms with Gasteiger partial charge in [0.05, 0.1) is 11.8 Å². The van der Waals surface area contributed by atoms with Gasteiger partial charge in [-0.05, 0) is 18.8 Å². The molecule has 2 heterocycles. The van der Waals surface area contributed by atoms with E-state index in [1.807, 2.05) is 0 Å². The number of aromatic nitrogens is 2. The summed E-state index contributed by atoms with van der Waals surface area (Å²) in [6.07, 6.45) is 3.42. The van der Waals surface area contributed by atoms with Gasteiger partial charge in [0.2, 0.25) is 0 Å². The molecular weight excluding hydrogens is 234 g/mol. The third-order valence-electron chi connectivity index (χ3n) is 3.32. The third kappa shape index (κ3) is 2.23. The summed E-state index contributed by atoms with van der Waals surface area (Å²) in [7, 11) is 1.53. The van der Waals surface area contributed by atoms with Crippen molar-refractivity contribution in [2.75, 3.05) is 13.1 Å². The first-order valence-electron chi connectivity index (χ1n) is 6.05. The normalized spacial score (nSPS) is 19.9. The molecule has 1 aromatic heterocycles. The van der Waals surface area contributed by atoms with Gasteiger partial charge in [0, 0.05) is 20.1 Å². The highest BCUT2D eigenvalue weighted by atomic mass is 16.4. The van der Waals surface area contributed by atoms with Crippen molar-refractivity contribution in [3.05, 3.63) is 17.5 Å². The second-order valence-corrected chi connectivity index (χ2v) is 4.83. The first-order valence-corrected chi connectivity index (χ1v) is 6.05. The summed E-state index contributed by atoms with van der Waals surface area (Å²) in [4.78, 5) is 25.1. The molecule has 1 aliphatic rings. The van der Waals surface area contributed by atoms with Gasteiger partial charge in [-0.3, -0.25) is 9.48 Å². The summed E-state index contributed by atoms with van der Waals surface area (Å²) in [5.41, 5.74) is 0.136. The van der Waals surface area contributed by atoms with Crippen LogP contribution >= 0.6 is 0 Å². The monoisotopic (exact) mass is 251 g/mol. The molecule has 6 heteroatoms. The predicted molar refractivity (Wildman–Crippen MR) is 64.5 cm³/mol. The van der Waals surface area contributed by atoms with Crippen LogP contribution in [-0.4, -0.2) is 44.8 Å². The van der Waals surface area contributed by atoms with Gasteiger partial charge in [0.1, 0.15) is 0 Å². The second-order valence-electron chi connectivity index (χ2n) is 4.83. The minimum Gasteiger partial charge on any atom is -0.477 e. The number of likely N-dealkylation sites (tertiary alicyclic amines) is 1. The summed E-state index contributed by atoms with van der Waals surface area (Å²) in [6.45, 7) is 3.48. The first kappa shape index (κ1) is 12.6. The molecule has 1 unspecified atom stereocenters. The summed E-state index contributed by atoms with van der Waals surface area (Å²) < 4.78 is 1.23. The van der Waals surface area contributed by atoms with Crippen molar-refractivity contribution in [2.24, 2.45) is 13.0 Å². The number of hydrogen-bond acceptors (Lipinski definition) is 3. The Labute approximate surface area is 105 Å². The average molecular weight is 251 g/mol. The number of aromatic carboxylic acids is 1. The number of aryl methyl sites for hydroxylation is 1. The fourth-order valence-electron chi connectivity index (χ4n) is 2.39. The molecule has 18 heavy (non-hydrogen) atoms. The summed E-state index contributed by atoms with van der Waals surface area (Å²) >= 11 is 0. The number of carboxylic acids is 1. The number of piperidine rings is 1. The van der Waals surface area contributed by atoms with Crippen molar-refractivity contribution in [1.29, 1.82) is 0 Å². The first-order chi connectivity index (χ1) is 8.50. The highest BCUT2D eigenvalue weighted by Gasteiger charge is 2.27. The summed E-state index contributed by atoms with van der Waals surface area (Å²) in [5.74, 6) is -0.886. The van der Waals surface area contributed by atoms with Gasteiger partial charge >= 0.3 is 5.97 Å². The van der Waals surface area contributed by atoms with Crippen molar-refractivity contribution in [3.8, 4) is 0 Å². The number of carbonyl (C=O) groups is 2. The van der Waals surface area contributed by atoms with E-state index in [0.29, 0.717) is 19.0 Å². The Morgan fingerprint density at radius 1 is 1.50 bits per heavy atom. The SMILES string of the molecule is CC1CCCN(C(=O)c2cnn(C)c2C(=O)O)C1. The van der Waals surface area contributed by atoms with Crippen molar-refractivity contribution in [1.82, 2.24) is 14.7 Å². The molecule has 0 spiro atoms. The van der Waals surface area contributed by atoms with E-state index in [0.717, 1.165) is 12.8 Å². The van der Waals surface area contributed by atoms with Gasteiger partial charge in [-0.15, -0.1) is 0 Å². The lowest BCUT2D eigenvalue weighted by atomic mass is 9.99. The third-order valence-corrected chi connectivity index (χ3v) is 3.32. The largest absolute Gasteiger partial charge is 0.477 e. The number of amides is 1. The lowest BCUT2D eigenvalue weighted by Gasteiger charge is -2.30. The van der Waals surface area contributed by atoms with Crippen LogP contribution in [0.15, 0.2) is 6.20 Å². The standard InChI is InChI=1S/C12H17N3O3/c1-8-4-3-5-15(7-8)11(16)9-6-13-14(2)10(9)12(17)18/h6,8H,3-5,7H2,1-2H3,(H,17,18). The van der Waals surface area contributed by atoms with Gasteiger partial charge in [-0.2, -0.15) is 5.10 Å². The highest BCUT2D eigenvalue weighted by molar-refractivity contribution is 6.03. The molecule has 0 aliphatic carbocycles. The number of nitrogens with zero attached hydrogens (tertiary/aromatic N) is 3.